The molecule has 0 spiro atoms. The Morgan fingerprint density at radius 1 is 0.679 bits per heavy atom. The second kappa shape index (κ2) is 22.0. The zero-order chi connectivity index (χ0) is 20.7. The van der Waals surface area contributed by atoms with Crippen LogP contribution >= 0.6 is 0 Å². The summed E-state index contributed by atoms with van der Waals surface area (Å²) in [4.78, 5) is 21.7. The molecule has 0 aliphatic rings. The van der Waals surface area contributed by atoms with Crippen LogP contribution in [0.3, 0.4) is 0 Å². The van der Waals surface area contributed by atoms with Gasteiger partial charge in [-0.25, -0.2) is 0 Å². The van der Waals surface area contributed by atoms with Gasteiger partial charge in [-0.15, -0.1) is 0 Å². The van der Waals surface area contributed by atoms with Gasteiger partial charge in [-0.05, 0) is 32.1 Å². The van der Waals surface area contributed by atoms with E-state index in [1.807, 2.05) is 0 Å². The highest BCUT2D eigenvalue weighted by Gasteiger charge is 2.04. The molecule has 4 heteroatoms. The van der Waals surface area contributed by atoms with Crippen molar-refractivity contribution in [2.75, 3.05) is 6.61 Å². The average Bonchev–Trinajstić information content (AvgIpc) is 2.68. The van der Waals surface area contributed by atoms with Gasteiger partial charge >= 0.3 is 5.97 Å². The van der Waals surface area contributed by atoms with Crippen molar-refractivity contribution in [1.29, 1.82) is 0 Å². The number of amides is 1. The van der Waals surface area contributed by atoms with Crippen molar-refractivity contribution in [2.45, 2.75) is 122 Å². The van der Waals surface area contributed by atoms with E-state index >= 15 is 0 Å². The molecule has 0 aromatic carbocycles. The van der Waals surface area contributed by atoms with Gasteiger partial charge in [0.05, 0.1) is 0 Å². The summed E-state index contributed by atoms with van der Waals surface area (Å²) < 4.78 is 4.66. The number of carbonyl (C=O) groups excluding carboxylic acids is 2. The van der Waals surface area contributed by atoms with E-state index in [9.17, 15) is 9.59 Å². The maximum absolute atomic E-state index is 11.3. The summed E-state index contributed by atoms with van der Waals surface area (Å²) in [6.07, 6.45) is 26.7. The van der Waals surface area contributed by atoms with E-state index < -0.39 is 12.5 Å². The number of unbranched alkanes of at least 4 members (excludes halogenated alkanes) is 15. The molecule has 0 aromatic heterocycles. The molecule has 0 aliphatic carbocycles. The minimum absolute atomic E-state index is 0.360. The molecule has 0 unspecified atom stereocenters. The molecule has 0 rings (SSSR count). The van der Waals surface area contributed by atoms with Crippen LogP contribution in [0, 0.1) is 0 Å². The standard InChI is InChI=1S/C24H44NO3/c1-2-3-4-5-6-7-8-9-10-11-12-13-14-15-16-17-18-19-20-21-24(27)28-22-23(25)26/h9-10,25H,2-8,11-22H2,1H3/b10-9-. The second-order valence-corrected chi connectivity index (χ2v) is 7.83. The van der Waals surface area contributed by atoms with Crippen LogP contribution in [-0.2, 0) is 14.3 Å². The summed E-state index contributed by atoms with van der Waals surface area (Å²) >= 11 is 0. The molecule has 0 atom stereocenters. The van der Waals surface area contributed by atoms with Gasteiger partial charge in [0.1, 0.15) is 0 Å². The fourth-order valence-electron chi connectivity index (χ4n) is 3.27. The molecule has 0 saturated heterocycles. The Bertz CT molecular complexity index is 393. The predicted molar refractivity (Wildman–Crippen MR) is 117 cm³/mol. The average molecular weight is 395 g/mol. The summed E-state index contributed by atoms with van der Waals surface area (Å²) in [5.74, 6) is -1.21. The third kappa shape index (κ3) is 22.7. The Balaban J connectivity index is 3.16. The van der Waals surface area contributed by atoms with Crippen LogP contribution in [-0.4, -0.2) is 18.5 Å². The van der Waals surface area contributed by atoms with Crippen molar-refractivity contribution in [3.63, 3.8) is 0 Å². The number of rotatable bonds is 21. The molecule has 0 fully saturated rings. The third-order valence-corrected chi connectivity index (χ3v) is 5.01. The first-order valence-electron chi connectivity index (χ1n) is 11.7. The van der Waals surface area contributed by atoms with Gasteiger partial charge < -0.3 is 4.74 Å². The molecule has 163 valence electrons. The van der Waals surface area contributed by atoms with Crippen molar-refractivity contribution in [3.8, 4) is 0 Å². The SMILES string of the molecule is CCCCCCCC/C=C\CCCCCCCCCCCC(=O)OCC([NH])=O. The van der Waals surface area contributed by atoms with E-state index in [2.05, 4.69) is 23.8 Å². The monoisotopic (exact) mass is 394 g/mol. The molecule has 4 nitrogen and oxygen atoms in total. The Kier molecular flexibility index (Phi) is 20.9. The van der Waals surface area contributed by atoms with Gasteiger partial charge in [-0.2, -0.15) is 0 Å². The third-order valence-electron chi connectivity index (χ3n) is 5.01. The number of hydrogen-bond acceptors (Lipinski definition) is 3. The summed E-state index contributed by atoms with van der Waals surface area (Å²) in [6, 6.07) is 0. The van der Waals surface area contributed by atoms with Crippen LogP contribution in [0.5, 0.6) is 0 Å². The van der Waals surface area contributed by atoms with Crippen LogP contribution < -0.4 is 5.73 Å². The lowest BCUT2D eigenvalue weighted by molar-refractivity contribution is -0.148. The molecule has 0 heterocycles. The zero-order valence-corrected chi connectivity index (χ0v) is 18.3. The van der Waals surface area contributed by atoms with Crippen molar-refractivity contribution in [3.05, 3.63) is 12.2 Å². The highest BCUT2D eigenvalue weighted by Crippen LogP contribution is 2.12. The fourth-order valence-corrected chi connectivity index (χ4v) is 3.27. The van der Waals surface area contributed by atoms with E-state index in [4.69, 9.17) is 5.73 Å². The topological polar surface area (TPSA) is 67.2 Å². The summed E-state index contributed by atoms with van der Waals surface area (Å²) in [6.45, 7) is 1.86. The van der Waals surface area contributed by atoms with Gasteiger partial charge in [0.25, 0.3) is 5.91 Å². The van der Waals surface area contributed by atoms with Gasteiger partial charge in [0.15, 0.2) is 6.61 Å². The molecule has 1 N–H and O–H groups in total. The number of hydrogen-bond donors (Lipinski definition) is 0. The number of esters is 1. The van der Waals surface area contributed by atoms with Crippen molar-refractivity contribution >= 4 is 11.9 Å². The second-order valence-electron chi connectivity index (χ2n) is 7.83. The first kappa shape index (κ1) is 26.7. The Labute approximate surface area is 173 Å². The van der Waals surface area contributed by atoms with Crippen molar-refractivity contribution in [1.82, 2.24) is 5.73 Å². The maximum Gasteiger partial charge on any atom is 0.306 e. The molecule has 0 aromatic rings. The van der Waals surface area contributed by atoms with E-state index in [1.54, 1.807) is 0 Å². The van der Waals surface area contributed by atoms with Crippen LogP contribution in [0.2, 0.25) is 0 Å². The Morgan fingerprint density at radius 2 is 1.11 bits per heavy atom. The Hall–Kier alpha value is -1.32. The van der Waals surface area contributed by atoms with E-state index in [0.29, 0.717) is 6.42 Å². The van der Waals surface area contributed by atoms with Crippen LogP contribution in [0.25, 0.3) is 0 Å². The van der Waals surface area contributed by atoms with Gasteiger partial charge in [-0.3, -0.25) is 15.3 Å². The molecule has 0 bridgehead atoms. The zero-order valence-electron chi connectivity index (χ0n) is 18.3. The minimum Gasteiger partial charge on any atom is -0.455 e. The van der Waals surface area contributed by atoms with Crippen molar-refractivity contribution in [2.24, 2.45) is 0 Å². The quantitative estimate of drug-likeness (QED) is 0.120. The van der Waals surface area contributed by atoms with Crippen LogP contribution in [0.15, 0.2) is 12.2 Å². The molecule has 0 aliphatic heterocycles. The maximum atomic E-state index is 11.3. The van der Waals surface area contributed by atoms with Gasteiger partial charge in [0, 0.05) is 6.42 Å². The lowest BCUT2D eigenvalue weighted by Crippen LogP contribution is -2.13. The molecule has 1 amide bonds. The number of ether oxygens (including phenoxy) is 1. The number of carbonyl (C=O) groups is 2. The molecule has 28 heavy (non-hydrogen) atoms. The highest BCUT2D eigenvalue weighted by molar-refractivity contribution is 5.78. The summed E-state index contributed by atoms with van der Waals surface area (Å²) in [7, 11) is 0. The lowest BCUT2D eigenvalue weighted by atomic mass is 10.1. The van der Waals surface area contributed by atoms with E-state index in [1.165, 1.54) is 89.9 Å². The van der Waals surface area contributed by atoms with Crippen molar-refractivity contribution < 1.29 is 14.3 Å². The lowest BCUT2D eigenvalue weighted by Gasteiger charge is -2.03. The number of allylic oxidation sites excluding steroid dienone is 2. The van der Waals surface area contributed by atoms with E-state index in [-0.39, 0.29) is 5.97 Å². The first-order valence-corrected chi connectivity index (χ1v) is 11.7. The van der Waals surface area contributed by atoms with Gasteiger partial charge in [0.2, 0.25) is 0 Å². The minimum atomic E-state index is -0.850. The summed E-state index contributed by atoms with van der Waals surface area (Å²) in [5.41, 5.74) is 6.67. The van der Waals surface area contributed by atoms with Crippen LogP contribution in [0.1, 0.15) is 122 Å². The largest absolute Gasteiger partial charge is 0.455 e. The Morgan fingerprint density at radius 3 is 1.57 bits per heavy atom. The predicted octanol–water partition coefficient (Wildman–Crippen LogP) is 6.94. The normalized spacial score (nSPS) is 11.2. The van der Waals surface area contributed by atoms with E-state index in [0.717, 1.165) is 19.3 Å². The number of nitrogens with one attached hydrogen (secondary N) is 1. The molecular weight excluding hydrogens is 350 g/mol. The molecule has 1 radical (unpaired) electrons. The molecule has 0 saturated carbocycles. The molecular formula is C24H44NO3. The smallest absolute Gasteiger partial charge is 0.306 e. The highest BCUT2D eigenvalue weighted by atomic mass is 16.5. The summed E-state index contributed by atoms with van der Waals surface area (Å²) in [5, 5.41) is 0. The van der Waals surface area contributed by atoms with Crippen LogP contribution in [0.4, 0.5) is 0 Å². The van der Waals surface area contributed by atoms with Gasteiger partial charge in [-0.1, -0.05) is 96.1 Å². The fraction of sp³-hybridized carbons (Fsp3) is 0.833. The first-order chi connectivity index (χ1) is 13.7.